The molecule has 0 aromatic rings. The highest BCUT2D eigenvalue weighted by Gasteiger charge is 2.47. The molecule has 4 nitrogen and oxygen atoms in total. The van der Waals surface area contributed by atoms with Crippen LogP contribution in [0.1, 0.15) is 39.5 Å². The van der Waals surface area contributed by atoms with E-state index in [2.05, 4.69) is 28.1 Å². The van der Waals surface area contributed by atoms with E-state index in [1.807, 2.05) is 20.1 Å². The molecule has 1 atom stereocenters. The van der Waals surface area contributed by atoms with Gasteiger partial charge in [-0.25, -0.2) is 5.01 Å². The Labute approximate surface area is 135 Å². The van der Waals surface area contributed by atoms with Gasteiger partial charge in [-0.05, 0) is 38.0 Å². The summed E-state index contributed by atoms with van der Waals surface area (Å²) in [6, 6.07) is 0. The number of hydrazone groups is 1. The molecular weight excluding hydrogens is 302 g/mol. The Hall–Kier alpha value is -0.720. The predicted molar refractivity (Wildman–Crippen MR) is 93.2 cm³/mol. The third-order valence-corrected chi connectivity index (χ3v) is 5.51. The van der Waals surface area contributed by atoms with Crippen LogP contribution in [0.3, 0.4) is 0 Å². The molecule has 1 heterocycles. The fourth-order valence-corrected chi connectivity index (χ4v) is 4.36. The van der Waals surface area contributed by atoms with Crippen LogP contribution < -0.4 is 4.72 Å². The second kappa shape index (κ2) is 7.51. The highest BCUT2D eigenvalue weighted by atomic mass is 32.2. The molecule has 1 aliphatic heterocycles. The van der Waals surface area contributed by atoms with Crippen molar-refractivity contribution in [1.82, 2.24) is 9.73 Å². The minimum Gasteiger partial charge on any atom is -0.273 e. The lowest BCUT2D eigenvalue weighted by molar-refractivity contribution is -0.133. The molecule has 2 rings (SSSR count). The minimum absolute atomic E-state index is 0.0963. The largest absolute Gasteiger partial charge is 0.273 e. The first-order chi connectivity index (χ1) is 10.1. The van der Waals surface area contributed by atoms with Crippen LogP contribution in [0.2, 0.25) is 0 Å². The van der Waals surface area contributed by atoms with Crippen LogP contribution in [0.4, 0.5) is 0 Å². The number of carbonyl (C=O) groups excluding carboxylic acids is 1. The summed E-state index contributed by atoms with van der Waals surface area (Å²) in [5.41, 5.74) is 1.31. The fraction of sp³-hybridized carbons (Fsp3) is 0.600. The summed E-state index contributed by atoms with van der Waals surface area (Å²) in [6.07, 6.45) is 11.9. The first-order valence-corrected chi connectivity index (χ1v) is 9.37. The Morgan fingerprint density at radius 1 is 1.62 bits per heavy atom. The summed E-state index contributed by atoms with van der Waals surface area (Å²) < 4.78 is 3.30. The zero-order chi connectivity index (χ0) is 15.3. The molecule has 0 aromatic heterocycles. The maximum absolute atomic E-state index is 12.4. The normalized spacial score (nSPS) is 25.0. The Bertz CT molecular complexity index is 487. The van der Waals surface area contributed by atoms with Gasteiger partial charge in [0.1, 0.15) is 4.87 Å². The molecule has 6 heteroatoms. The van der Waals surface area contributed by atoms with Crippen LogP contribution in [0.25, 0.3) is 0 Å². The van der Waals surface area contributed by atoms with Gasteiger partial charge >= 0.3 is 0 Å². The molecule has 0 fully saturated rings. The minimum atomic E-state index is -0.343. The summed E-state index contributed by atoms with van der Waals surface area (Å²) in [5.74, 6) is 0.0963. The van der Waals surface area contributed by atoms with Crippen molar-refractivity contribution < 1.29 is 4.79 Å². The Morgan fingerprint density at radius 3 is 3.05 bits per heavy atom. The highest BCUT2D eigenvalue weighted by Crippen LogP contribution is 2.47. The summed E-state index contributed by atoms with van der Waals surface area (Å²) in [4.78, 5) is 12.0. The topological polar surface area (TPSA) is 44.7 Å². The van der Waals surface area contributed by atoms with Crippen molar-refractivity contribution in [3.63, 3.8) is 0 Å². The number of amides is 1. The highest BCUT2D eigenvalue weighted by molar-refractivity contribution is 8.15. The number of hydrogen-bond donors (Lipinski definition) is 1. The summed E-state index contributed by atoms with van der Waals surface area (Å²) in [6.45, 7) is 4.74. The Balaban J connectivity index is 2.32. The van der Waals surface area contributed by atoms with Crippen molar-refractivity contribution in [2.75, 3.05) is 12.8 Å². The maximum Gasteiger partial charge on any atom is 0.244 e. The second-order valence-electron chi connectivity index (χ2n) is 5.07. The molecule has 0 spiro atoms. The second-order valence-corrected chi connectivity index (χ2v) is 7.24. The van der Waals surface area contributed by atoms with Crippen molar-refractivity contribution in [2.45, 2.75) is 44.4 Å². The molecule has 1 N–H and O–H groups in total. The van der Waals surface area contributed by atoms with E-state index in [-0.39, 0.29) is 10.8 Å². The molecule has 1 aliphatic carbocycles. The molecule has 1 unspecified atom stereocenters. The van der Waals surface area contributed by atoms with Gasteiger partial charge in [-0.3, -0.25) is 9.52 Å². The number of hydrogen-bond acceptors (Lipinski definition) is 5. The molecule has 0 aromatic carbocycles. The van der Waals surface area contributed by atoms with Crippen molar-refractivity contribution in [3.05, 3.63) is 23.8 Å². The average molecular weight is 326 g/mol. The molecule has 0 bridgehead atoms. The molecule has 0 saturated carbocycles. The average Bonchev–Trinajstić information content (AvgIpc) is 2.85. The van der Waals surface area contributed by atoms with Crippen molar-refractivity contribution in [1.29, 1.82) is 0 Å². The van der Waals surface area contributed by atoms with Gasteiger partial charge in [-0.1, -0.05) is 48.9 Å². The number of nitrogens with zero attached hydrogens (tertiary/aromatic N) is 2. The van der Waals surface area contributed by atoms with E-state index in [0.29, 0.717) is 6.42 Å². The molecule has 1 amide bonds. The van der Waals surface area contributed by atoms with Crippen molar-refractivity contribution in [2.24, 2.45) is 5.10 Å². The van der Waals surface area contributed by atoms with Crippen LogP contribution in [-0.4, -0.2) is 33.6 Å². The van der Waals surface area contributed by atoms with Gasteiger partial charge in [0.25, 0.3) is 0 Å². The lowest BCUT2D eigenvalue weighted by atomic mass is 9.94. The van der Waals surface area contributed by atoms with E-state index >= 15 is 0 Å². The van der Waals surface area contributed by atoms with E-state index in [0.717, 1.165) is 30.9 Å². The molecule has 2 aliphatic rings. The van der Waals surface area contributed by atoms with E-state index in [9.17, 15) is 4.79 Å². The number of nitrogens with one attached hydrogen (secondary N) is 1. The van der Waals surface area contributed by atoms with E-state index in [1.54, 1.807) is 28.7 Å². The first-order valence-electron chi connectivity index (χ1n) is 7.33. The molecule has 0 saturated heterocycles. The van der Waals surface area contributed by atoms with Gasteiger partial charge in [-0.2, -0.15) is 5.10 Å². The van der Waals surface area contributed by atoms with Crippen molar-refractivity contribution in [3.8, 4) is 0 Å². The summed E-state index contributed by atoms with van der Waals surface area (Å²) in [5, 5.41) is 7.24. The molecule has 21 heavy (non-hydrogen) atoms. The Morgan fingerprint density at radius 2 is 2.43 bits per heavy atom. The van der Waals surface area contributed by atoms with Crippen LogP contribution in [-0.2, 0) is 4.79 Å². The lowest BCUT2D eigenvalue weighted by Gasteiger charge is -2.38. The fourth-order valence-electron chi connectivity index (χ4n) is 2.71. The standard InChI is InChI=1S/C15H23N3OS2/c1-4-14(19)18-15(10-11-16-20-3,21-12(2)17-18)13-8-6-5-7-9-13/h5-6,8,16H,4,7,9-11H2,1-3H3. The van der Waals surface area contributed by atoms with Gasteiger partial charge in [0.2, 0.25) is 5.91 Å². The zero-order valence-corrected chi connectivity index (χ0v) is 14.5. The van der Waals surface area contributed by atoms with Gasteiger partial charge in [0.15, 0.2) is 0 Å². The lowest BCUT2D eigenvalue weighted by Crippen LogP contribution is -2.46. The summed E-state index contributed by atoms with van der Waals surface area (Å²) in [7, 11) is 0. The monoisotopic (exact) mass is 325 g/mol. The van der Waals surface area contributed by atoms with Gasteiger partial charge < -0.3 is 0 Å². The molecular formula is C15H23N3OS2. The summed E-state index contributed by atoms with van der Waals surface area (Å²) >= 11 is 3.34. The van der Waals surface area contributed by atoms with E-state index in [1.165, 1.54) is 5.57 Å². The molecule has 0 radical (unpaired) electrons. The van der Waals surface area contributed by atoms with Gasteiger partial charge in [0.05, 0.1) is 5.04 Å². The predicted octanol–water partition coefficient (Wildman–Crippen LogP) is 3.54. The van der Waals surface area contributed by atoms with Gasteiger partial charge in [0, 0.05) is 13.0 Å². The third-order valence-electron chi connectivity index (χ3n) is 3.66. The number of rotatable bonds is 6. The number of carbonyl (C=O) groups is 1. The first kappa shape index (κ1) is 16.6. The van der Waals surface area contributed by atoms with Crippen molar-refractivity contribution >= 4 is 34.7 Å². The van der Waals surface area contributed by atoms with E-state index in [4.69, 9.17) is 0 Å². The zero-order valence-electron chi connectivity index (χ0n) is 12.9. The van der Waals surface area contributed by atoms with Crippen LogP contribution in [0.5, 0.6) is 0 Å². The smallest absolute Gasteiger partial charge is 0.244 e. The number of thioether (sulfide) groups is 1. The maximum atomic E-state index is 12.4. The van der Waals surface area contributed by atoms with Crippen LogP contribution in [0, 0.1) is 0 Å². The SMILES string of the molecule is CCC(=O)N1N=C(C)SC1(CCNSC)C1=CC=CCC1. The van der Waals surface area contributed by atoms with Crippen LogP contribution >= 0.6 is 23.7 Å². The quantitative estimate of drug-likeness (QED) is 0.599. The van der Waals surface area contributed by atoms with Gasteiger partial charge in [-0.15, -0.1) is 0 Å². The van der Waals surface area contributed by atoms with Crippen LogP contribution in [0.15, 0.2) is 28.9 Å². The third kappa shape index (κ3) is 3.55. The molecule has 116 valence electrons. The Kier molecular flexibility index (Phi) is 5.96. The number of allylic oxidation sites excluding steroid dienone is 3. The van der Waals surface area contributed by atoms with E-state index < -0.39 is 0 Å².